The van der Waals surface area contributed by atoms with Crippen LogP contribution in [0.4, 0.5) is 4.39 Å². The van der Waals surface area contributed by atoms with Crippen LogP contribution < -0.4 is 10.1 Å². The number of nitrogens with one attached hydrogen (secondary N) is 1. The molecule has 2 aromatic rings. The maximum absolute atomic E-state index is 13.0. The van der Waals surface area contributed by atoms with E-state index in [2.05, 4.69) is 5.32 Å². The Bertz CT molecular complexity index is 676. The minimum Gasteiger partial charge on any atom is -0.491 e. The van der Waals surface area contributed by atoms with E-state index < -0.39 is 5.97 Å². The second-order valence-electron chi connectivity index (χ2n) is 4.92. The zero-order chi connectivity index (χ0) is 14.8. The summed E-state index contributed by atoms with van der Waals surface area (Å²) in [5, 5.41) is 12.3. The maximum Gasteiger partial charge on any atom is 0.335 e. The molecule has 6 heteroatoms. The Labute approximate surface area is 133 Å². The van der Waals surface area contributed by atoms with Crippen molar-refractivity contribution in [3.8, 4) is 5.75 Å². The van der Waals surface area contributed by atoms with E-state index in [9.17, 15) is 9.18 Å². The standard InChI is InChI=1S/C16H14FNO3.ClH/c17-13-5-3-10(4-6-13)14-9-21-15-7-11(16(19)20)1-2-12(15)8-18-14;/h1-7,14,18H,8-9H2,(H,19,20);1H. The predicted molar refractivity (Wildman–Crippen MR) is 82.1 cm³/mol. The molecule has 0 radical (unpaired) electrons. The van der Waals surface area contributed by atoms with Gasteiger partial charge in [0.1, 0.15) is 18.2 Å². The first kappa shape index (κ1) is 16.3. The SMILES string of the molecule is Cl.O=C(O)c1ccc2c(c1)OCC(c1ccc(F)cc1)NC2. The van der Waals surface area contributed by atoms with Crippen molar-refractivity contribution in [2.45, 2.75) is 12.6 Å². The number of benzene rings is 2. The molecule has 1 aliphatic heterocycles. The van der Waals surface area contributed by atoms with Crippen molar-refractivity contribution < 1.29 is 19.0 Å². The van der Waals surface area contributed by atoms with Crippen LogP contribution in [0.2, 0.25) is 0 Å². The van der Waals surface area contributed by atoms with Gasteiger partial charge >= 0.3 is 5.97 Å². The first-order chi connectivity index (χ1) is 10.1. The largest absolute Gasteiger partial charge is 0.491 e. The third kappa shape index (κ3) is 3.37. The summed E-state index contributed by atoms with van der Waals surface area (Å²) >= 11 is 0. The summed E-state index contributed by atoms with van der Waals surface area (Å²) in [7, 11) is 0. The molecule has 2 aromatic carbocycles. The van der Waals surface area contributed by atoms with Gasteiger partial charge in [0.05, 0.1) is 11.6 Å². The molecule has 0 aromatic heterocycles. The van der Waals surface area contributed by atoms with Gasteiger partial charge in [0.15, 0.2) is 0 Å². The molecule has 0 amide bonds. The van der Waals surface area contributed by atoms with E-state index in [0.717, 1.165) is 11.1 Å². The summed E-state index contributed by atoms with van der Waals surface area (Å²) in [6.07, 6.45) is 0. The number of hydrogen-bond acceptors (Lipinski definition) is 3. The van der Waals surface area contributed by atoms with Crippen LogP contribution >= 0.6 is 12.4 Å². The van der Waals surface area contributed by atoms with Crippen molar-refractivity contribution in [3.05, 3.63) is 65.0 Å². The average Bonchev–Trinajstić information content (AvgIpc) is 2.70. The molecule has 0 fully saturated rings. The van der Waals surface area contributed by atoms with Crippen LogP contribution in [-0.4, -0.2) is 17.7 Å². The number of ether oxygens (including phenoxy) is 1. The number of carboxylic acids is 1. The smallest absolute Gasteiger partial charge is 0.335 e. The van der Waals surface area contributed by atoms with Crippen LogP contribution in [0.1, 0.15) is 27.5 Å². The monoisotopic (exact) mass is 323 g/mol. The van der Waals surface area contributed by atoms with Crippen LogP contribution in [0, 0.1) is 5.82 Å². The van der Waals surface area contributed by atoms with E-state index in [0.29, 0.717) is 18.9 Å². The fourth-order valence-corrected chi connectivity index (χ4v) is 2.34. The highest BCUT2D eigenvalue weighted by Gasteiger charge is 2.19. The number of hydrogen-bond donors (Lipinski definition) is 2. The van der Waals surface area contributed by atoms with E-state index in [1.54, 1.807) is 24.3 Å². The van der Waals surface area contributed by atoms with Crippen molar-refractivity contribution in [1.29, 1.82) is 0 Å². The second kappa shape index (κ2) is 6.77. The molecule has 0 spiro atoms. The number of aromatic carboxylic acids is 1. The zero-order valence-corrected chi connectivity index (χ0v) is 12.4. The lowest BCUT2D eigenvalue weighted by Crippen LogP contribution is -2.23. The van der Waals surface area contributed by atoms with Gasteiger partial charge in [-0.25, -0.2) is 9.18 Å². The molecule has 3 rings (SSSR count). The average molecular weight is 324 g/mol. The number of carbonyl (C=O) groups is 1. The minimum absolute atomic E-state index is 0. The summed E-state index contributed by atoms with van der Waals surface area (Å²) in [5.74, 6) is -0.677. The Kier molecular flexibility index (Phi) is 5.00. The van der Waals surface area contributed by atoms with Gasteiger partial charge in [0.2, 0.25) is 0 Å². The lowest BCUT2D eigenvalue weighted by molar-refractivity contribution is 0.0696. The molecular formula is C16H15ClFNO3. The molecule has 22 heavy (non-hydrogen) atoms. The highest BCUT2D eigenvalue weighted by molar-refractivity contribution is 5.88. The number of carboxylic acid groups (broad SMARTS) is 1. The van der Waals surface area contributed by atoms with Gasteiger partial charge in [-0.1, -0.05) is 18.2 Å². The van der Waals surface area contributed by atoms with E-state index in [1.165, 1.54) is 18.2 Å². The van der Waals surface area contributed by atoms with Crippen LogP contribution in [0.5, 0.6) is 5.75 Å². The molecule has 2 N–H and O–H groups in total. The molecule has 0 saturated heterocycles. The molecule has 1 atom stereocenters. The van der Waals surface area contributed by atoms with Gasteiger partial charge in [-0.2, -0.15) is 0 Å². The van der Waals surface area contributed by atoms with Crippen LogP contribution in [0.3, 0.4) is 0 Å². The van der Waals surface area contributed by atoms with Gasteiger partial charge in [-0.3, -0.25) is 0 Å². The molecule has 1 heterocycles. The van der Waals surface area contributed by atoms with Crippen molar-refractivity contribution in [2.75, 3.05) is 6.61 Å². The summed E-state index contributed by atoms with van der Waals surface area (Å²) < 4.78 is 18.7. The summed E-state index contributed by atoms with van der Waals surface area (Å²) in [4.78, 5) is 11.0. The second-order valence-corrected chi connectivity index (χ2v) is 4.92. The van der Waals surface area contributed by atoms with Gasteiger partial charge in [0.25, 0.3) is 0 Å². The summed E-state index contributed by atoms with van der Waals surface area (Å²) in [5.41, 5.74) is 2.04. The first-order valence-electron chi connectivity index (χ1n) is 6.61. The first-order valence-corrected chi connectivity index (χ1v) is 6.61. The van der Waals surface area contributed by atoms with Crippen molar-refractivity contribution in [1.82, 2.24) is 5.32 Å². The van der Waals surface area contributed by atoms with Crippen LogP contribution in [0.15, 0.2) is 42.5 Å². The topological polar surface area (TPSA) is 58.6 Å². The summed E-state index contributed by atoms with van der Waals surface area (Å²) in [6.45, 7) is 0.930. The highest BCUT2D eigenvalue weighted by Crippen LogP contribution is 2.26. The highest BCUT2D eigenvalue weighted by atomic mass is 35.5. The molecule has 116 valence electrons. The van der Waals surface area contributed by atoms with E-state index in [-0.39, 0.29) is 29.8 Å². The molecule has 0 bridgehead atoms. The fourth-order valence-electron chi connectivity index (χ4n) is 2.34. The Morgan fingerprint density at radius 2 is 1.95 bits per heavy atom. The third-order valence-corrected chi connectivity index (χ3v) is 3.53. The normalized spacial score (nSPS) is 16.7. The lowest BCUT2D eigenvalue weighted by atomic mass is 10.1. The number of fused-ring (bicyclic) bond motifs is 1. The lowest BCUT2D eigenvalue weighted by Gasteiger charge is -2.15. The van der Waals surface area contributed by atoms with Crippen molar-refractivity contribution in [3.63, 3.8) is 0 Å². The molecule has 1 unspecified atom stereocenters. The van der Waals surface area contributed by atoms with Gasteiger partial charge in [0, 0.05) is 12.1 Å². The fraction of sp³-hybridized carbons (Fsp3) is 0.188. The number of rotatable bonds is 2. The van der Waals surface area contributed by atoms with Gasteiger partial charge < -0.3 is 15.2 Å². The third-order valence-electron chi connectivity index (χ3n) is 3.53. The van der Waals surface area contributed by atoms with Crippen LogP contribution in [-0.2, 0) is 6.54 Å². The maximum atomic E-state index is 13.0. The Hall–Kier alpha value is -2.11. The molecular weight excluding hydrogens is 309 g/mol. The van der Waals surface area contributed by atoms with E-state index in [4.69, 9.17) is 9.84 Å². The summed E-state index contributed by atoms with van der Waals surface area (Å²) in [6, 6.07) is 11.0. The Morgan fingerprint density at radius 1 is 1.23 bits per heavy atom. The van der Waals surface area contributed by atoms with E-state index >= 15 is 0 Å². The van der Waals surface area contributed by atoms with Gasteiger partial charge in [-0.05, 0) is 29.8 Å². The minimum atomic E-state index is -0.978. The molecule has 0 saturated carbocycles. The Balaban J connectivity index is 0.00000176. The van der Waals surface area contributed by atoms with Crippen molar-refractivity contribution in [2.24, 2.45) is 0 Å². The molecule has 4 nitrogen and oxygen atoms in total. The molecule has 1 aliphatic rings. The predicted octanol–water partition coefficient (Wildman–Crippen LogP) is 3.17. The van der Waals surface area contributed by atoms with Crippen LogP contribution in [0.25, 0.3) is 0 Å². The number of halogens is 2. The molecule has 0 aliphatic carbocycles. The Morgan fingerprint density at radius 3 is 2.64 bits per heavy atom. The van der Waals surface area contributed by atoms with E-state index in [1.807, 2.05) is 0 Å². The van der Waals surface area contributed by atoms with Gasteiger partial charge in [-0.15, -0.1) is 12.4 Å². The zero-order valence-electron chi connectivity index (χ0n) is 11.6. The van der Waals surface area contributed by atoms with Crippen molar-refractivity contribution >= 4 is 18.4 Å². The quantitative estimate of drug-likeness (QED) is 0.891.